The van der Waals surface area contributed by atoms with Gasteiger partial charge in [-0.2, -0.15) is 0 Å². The highest BCUT2D eigenvalue weighted by atomic mass is 15.5. The fourth-order valence-electron chi connectivity index (χ4n) is 1.46. The zero-order chi connectivity index (χ0) is 11.2. The van der Waals surface area contributed by atoms with Crippen LogP contribution in [0.15, 0.2) is 24.5 Å². The van der Waals surface area contributed by atoms with E-state index in [1.54, 1.807) is 17.1 Å². The van der Waals surface area contributed by atoms with Gasteiger partial charge in [-0.15, -0.1) is 5.10 Å². The van der Waals surface area contributed by atoms with Gasteiger partial charge < -0.3 is 5.73 Å². The number of hydrogen-bond donors (Lipinski definition) is 1. The molecule has 84 valence electrons. The van der Waals surface area contributed by atoms with Crippen LogP contribution in [-0.2, 0) is 6.54 Å². The van der Waals surface area contributed by atoms with Crippen molar-refractivity contribution < 1.29 is 0 Å². The first-order valence-electron chi connectivity index (χ1n) is 5.28. The quantitative estimate of drug-likeness (QED) is 0.738. The topological polar surface area (TPSA) is 82.5 Å². The number of unbranched alkanes of at least 4 members (excludes halogenated alkanes) is 1. The zero-order valence-corrected chi connectivity index (χ0v) is 8.95. The van der Waals surface area contributed by atoms with E-state index in [-0.39, 0.29) is 0 Å². The highest BCUT2D eigenvalue weighted by Gasteiger charge is 2.07. The summed E-state index contributed by atoms with van der Waals surface area (Å²) in [5.74, 6) is 0.755. The van der Waals surface area contributed by atoms with E-state index in [1.807, 2.05) is 12.1 Å². The maximum Gasteiger partial charge on any atom is 0.183 e. The smallest absolute Gasteiger partial charge is 0.183 e. The number of pyridine rings is 1. The van der Waals surface area contributed by atoms with Gasteiger partial charge in [-0.05, 0) is 41.9 Å². The first kappa shape index (κ1) is 10.7. The first-order valence-corrected chi connectivity index (χ1v) is 5.28. The maximum absolute atomic E-state index is 5.45. The predicted octanol–water partition coefficient (Wildman–Crippen LogP) is 0.474. The van der Waals surface area contributed by atoms with Gasteiger partial charge in [0.15, 0.2) is 5.82 Å². The van der Waals surface area contributed by atoms with E-state index in [1.165, 1.54) is 0 Å². The molecule has 2 aromatic rings. The fourth-order valence-corrected chi connectivity index (χ4v) is 1.46. The Bertz CT molecular complexity index is 424. The summed E-state index contributed by atoms with van der Waals surface area (Å²) in [5, 5.41) is 11.6. The van der Waals surface area contributed by atoms with Crippen LogP contribution >= 0.6 is 0 Å². The van der Waals surface area contributed by atoms with Crippen LogP contribution in [0.1, 0.15) is 12.8 Å². The number of hydrogen-bond acceptors (Lipinski definition) is 5. The van der Waals surface area contributed by atoms with Crippen molar-refractivity contribution in [2.75, 3.05) is 6.54 Å². The Morgan fingerprint density at radius 2 is 2.25 bits per heavy atom. The summed E-state index contributed by atoms with van der Waals surface area (Å²) in [6, 6.07) is 3.81. The van der Waals surface area contributed by atoms with Crippen LogP contribution in [0.2, 0.25) is 0 Å². The van der Waals surface area contributed by atoms with Crippen LogP contribution in [0.5, 0.6) is 0 Å². The number of aromatic nitrogens is 5. The molecule has 0 fully saturated rings. The Balaban J connectivity index is 2.13. The second-order valence-corrected chi connectivity index (χ2v) is 3.46. The minimum absolute atomic E-state index is 0.699. The van der Waals surface area contributed by atoms with E-state index in [4.69, 9.17) is 5.73 Å². The van der Waals surface area contributed by atoms with E-state index >= 15 is 0 Å². The summed E-state index contributed by atoms with van der Waals surface area (Å²) in [4.78, 5) is 4.05. The van der Waals surface area contributed by atoms with Gasteiger partial charge in [0.25, 0.3) is 0 Å². The lowest BCUT2D eigenvalue weighted by Gasteiger charge is -2.03. The molecule has 2 rings (SSSR count). The minimum Gasteiger partial charge on any atom is -0.330 e. The van der Waals surface area contributed by atoms with E-state index in [0.717, 1.165) is 30.8 Å². The molecule has 0 aliphatic rings. The van der Waals surface area contributed by atoms with Gasteiger partial charge >= 0.3 is 0 Å². The minimum atomic E-state index is 0.699. The van der Waals surface area contributed by atoms with E-state index in [0.29, 0.717) is 6.54 Å². The van der Waals surface area contributed by atoms with Gasteiger partial charge in [0.05, 0.1) is 0 Å². The highest BCUT2D eigenvalue weighted by Crippen LogP contribution is 2.13. The molecule has 0 radical (unpaired) electrons. The van der Waals surface area contributed by atoms with Crippen molar-refractivity contribution in [3.8, 4) is 11.4 Å². The Hall–Kier alpha value is -1.82. The van der Waals surface area contributed by atoms with Crippen LogP contribution in [0.3, 0.4) is 0 Å². The molecule has 0 saturated carbocycles. The molecule has 16 heavy (non-hydrogen) atoms. The molecule has 2 N–H and O–H groups in total. The normalized spacial score (nSPS) is 10.6. The molecule has 0 aliphatic heterocycles. The van der Waals surface area contributed by atoms with Gasteiger partial charge in [-0.25, -0.2) is 4.68 Å². The molecule has 6 nitrogen and oxygen atoms in total. The van der Waals surface area contributed by atoms with Crippen LogP contribution in [0.25, 0.3) is 11.4 Å². The second-order valence-electron chi connectivity index (χ2n) is 3.46. The lowest BCUT2D eigenvalue weighted by Crippen LogP contribution is -2.06. The molecule has 0 bridgehead atoms. The van der Waals surface area contributed by atoms with Crippen molar-refractivity contribution in [2.24, 2.45) is 5.73 Å². The van der Waals surface area contributed by atoms with E-state index in [2.05, 4.69) is 20.5 Å². The number of nitrogens with two attached hydrogens (primary N) is 1. The number of aryl methyl sites for hydroxylation is 1. The van der Waals surface area contributed by atoms with Gasteiger partial charge in [0.1, 0.15) is 0 Å². The Morgan fingerprint density at radius 1 is 1.31 bits per heavy atom. The van der Waals surface area contributed by atoms with Crippen LogP contribution in [-0.4, -0.2) is 31.7 Å². The third-order valence-electron chi connectivity index (χ3n) is 2.28. The van der Waals surface area contributed by atoms with Crippen molar-refractivity contribution in [2.45, 2.75) is 19.4 Å². The molecular weight excluding hydrogens is 204 g/mol. The molecule has 0 amide bonds. The number of tetrazole rings is 1. The maximum atomic E-state index is 5.45. The van der Waals surface area contributed by atoms with Crippen molar-refractivity contribution >= 4 is 0 Å². The molecule has 0 aliphatic carbocycles. The summed E-state index contributed by atoms with van der Waals surface area (Å²) in [7, 11) is 0. The first-order chi connectivity index (χ1) is 7.92. The van der Waals surface area contributed by atoms with Gasteiger partial charge in [-0.3, -0.25) is 4.98 Å². The average molecular weight is 218 g/mol. The van der Waals surface area contributed by atoms with Gasteiger partial charge in [0, 0.05) is 24.5 Å². The van der Waals surface area contributed by atoms with E-state index in [9.17, 15) is 0 Å². The molecule has 0 unspecified atom stereocenters. The third-order valence-corrected chi connectivity index (χ3v) is 2.28. The standard InChI is InChI=1S/C10H14N6/c11-5-1-2-7-16-10(13-14-15-16)9-4-3-6-12-8-9/h3-4,6,8H,1-2,5,7,11H2. The van der Waals surface area contributed by atoms with Crippen LogP contribution < -0.4 is 5.73 Å². The third kappa shape index (κ3) is 2.40. The van der Waals surface area contributed by atoms with Gasteiger partial charge in [0.2, 0.25) is 0 Å². The summed E-state index contributed by atoms with van der Waals surface area (Å²) in [6.45, 7) is 1.48. The zero-order valence-electron chi connectivity index (χ0n) is 8.95. The van der Waals surface area contributed by atoms with Crippen molar-refractivity contribution in [1.29, 1.82) is 0 Å². The fraction of sp³-hybridized carbons (Fsp3) is 0.400. The predicted molar refractivity (Wildman–Crippen MR) is 59.3 cm³/mol. The van der Waals surface area contributed by atoms with Crippen molar-refractivity contribution in [1.82, 2.24) is 25.2 Å². The summed E-state index contributed by atoms with van der Waals surface area (Å²) < 4.78 is 1.78. The summed E-state index contributed by atoms with van der Waals surface area (Å²) in [6.07, 6.45) is 5.44. The highest BCUT2D eigenvalue weighted by molar-refractivity contribution is 5.52. The summed E-state index contributed by atoms with van der Waals surface area (Å²) >= 11 is 0. The lowest BCUT2D eigenvalue weighted by molar-refractivity contribution is 0.548. The van der Waals surface area contributed by atoms with Crippen LogP contribution in [0, 0.1) is 0 Å². The molecule has 0 saturated heterocycles. The molecule has 2 heterocycles. The monoisotopic (exact) mass is 218 g/mol. The molecule has 2 aromatic heterocycles. The van der Waals surface area contributed by atoms with E-state index < -0.39 is 0 Å². The Labute approximate surface area is 93.5 Å². The lowest BCUT2D eigenvalue weighted by atomic mass is 10.2. The summed E-state index contributed by atoms with van der Waals surface area (Å²) in [5.41, 5.74) is 6.38. The Kier molecular flexibility index (Phi) is 3.55. The average Bonchev–Trinajstić information content (AvgIpc) is 2.79. The molecule has 0 atom stereocenters. The van der Waals surface area contributed by atoms with Crippen molar-refractivity contribution in [3.05, 3.63) is 24.5 Å². The number of nitrogens with zero attached hydrogens (tertiary/aromatic N) is 5. The molecule has 6 heteroatoms. The van der Waals surface area contributed by atoms with Crippen molar-refractivity contribution in [3.63, 3.8) is 0 Å². The molecule has 0 aromatic carbocycles. The van der Waals surface area contributed by atoms with Gasteiger partial charge in [-0.1, -0.05) is 0 Å². The SMILES string of the molecule is NCCCCn1nnnc1-c1cccnc1. The Morgan fingerprint density at radius 3 is 3.00 bits per heavy atom. The molecule has 0 spiro atoms. The molecular formula is C10H14N6. The number of rotatable bonds is 5. The van der Waals surface area contributed by atoms with Crippen LogP contribution in [0.4, 0.5) is 0 Å². The largest absolute Gasteiger partial charge is 0.330 e. The second kappa shape index (κ2) is 5.32.